The van der Waals surface area contributed by atoms with Gasteiger partial charge in [0.05, 0.1) is 13.0 Å². The van der Waals surface area contributed by atoms with E-state index >= 15 is 0 Å². The number of ether oxygens (including phenoxy) is 1. The third kappa shape index (κ3) is 3.40. The number of nitrogens with zero attached hydrogens (tertiary/aromatic N) is 1. The lowest BCUT2D eigenvalue weighted by atomic mass is 10.1. The van der Waals surface area contributed by atoms with E-state index in [9.17, 15) is 9.59 Å². The van der Waals surface area contributed by atoms with Crippen LogP contribution in [0.15, 0.2) is 48.5 Å². The van der Waals surface area contributed by atoms with Crippen molar-refractivity contribution in [2.45, 2.75) is 13.3 Å². The molecule has 1 saturated heterocycles. The standard InChI is InChI=1S/C19H20N2O3/c1-13-3-5-15(6-4-13)20-19(23)14-11-18(22)21(12-14)16-7-9-17(24-2)10-8-16/h3-10,14H,11-12H2,1-2H3,(H,20,23). The average molecular weight is 324 g/mol. The Morgan fingerprint density at radius 3 is 2.42 bits per heavy atom. The molecule has 0 bridgehead atoms. The summed E-state index contributed by atoms with van der Waals surface area (Å²) in [5, 5.41) is 2.88. The fourth-order valence-corrected chi connectivity index (χ4v) is 2.78. The summed E-state index contributed by atoms with van der Waals surface area (Å²) in [4.78, 5) is 26.3. The van der Waals surface area contributed by atoms with Crippen molar-refractivity contribution in [1.82, 2.24) is 0 Å². The number of nitrogens with one attached hydrogen (secondary N) is 1. The van der Waals surface area contributed by atoms with Crippen molar-refractivity contribution >= 4 is 23.2 Å². The van der Waals surface area contributed by atoms with E-state index < -0.39 is 0 Å². The zero-order valence-electron chi connectivity index (χ0n) is 13.8. The summed E-state index contributed by atoms with van der Waals surface area (Å²) in [6.45, 7) is 2.39. The van der Waals surface area contributed by atoms with E-state index in [2.05, 4.69) is 5.32 Å². The average Bonchev–Trinajstić information content (AvgIpc) is 2.99. The van der Waals surface area contributed by atoms with Gasteiger partial charge in [0.25, 0.3) is 0 Å². The first-order valence-corrected chi connectivity index (χ1v) is 7.89. The highest BCUT2D eigenvalue weighted by Crippen LogP contribution is 2.27. The predicted molar refractivity (Wildman–Crippen MR) is 93.3 cm³/mol. The van der Waals surface area contributed by atoms with Crippen LogP contribution in [0.25, 0.3) is 0 Å². The van der Waals surface area contributed by atoms with Gasteiger partial charge in [-0.2, -0.15) is 0 Å². The number of amides is 2. The van der Waals surface area contributed by atoms with Gasteiger partial charge in [0.1, 0.15) is 5.75 Å². The van der Waals surface area contributed by atoms with Crippen molar-refractivity contribution in [1.29, 1.82) is 0 Å². The lowest BCUT2D eigenvalue weighted by molar-refractivity contribution is -0.122. The number of rotatable bonds is 4. The molecule has 2 aromatic carbocycles. The Labute approximate surface area is 141 Å². The molecule has 0 aromatic heterocycles. The van der Waals surface area contributed by atoms with Gasteiger partial charge < -0.3 is 15.0 Å². The molecule has 1 fully saturated rings. The quantitative estimate of drug-likeness (QED) is 0.940. The van der Waals surface area contributed by atoms with Gasteiger partial charge in [-0.15, -0.1) is 0 Å². The first-order valence-electron chi connectivity index (χ1n) is 7.89. The summed E-state index contributed by atoms with van der Waals surface area (Å²) in [5.41, 5.74) is 2.67. The summed E-state index contributed by atoms with van der Waals surface area (Å²) in [5.74, 6) is 0.229. The van der Waals surface area contributed by atoms with Gasteiger partial charge in [-0.3, -0.25) is 9.59 Å². The number of hydrogen-bond acceptors (Lipinski definition) is 3. The van der Waals surface area contributed by atoms with Crippen LogP contribution in [0.5, 0.6) is 5.75 Å². The van der Waals surface area contributed by atoms with E-state index in [0.29, 0.717) is 6.54 Å². The number of aryl methyl sites for hydroxylation is 1. The lowest BCUT2D eigenvalue weighted by Crippen LogP contribution is -2.28. The second-order valence-electron chi connectivity index (χ2n) is 5.96. The molecule has 0 spiro atoms. The zero-order chi connectivity index (χ0) is 17.1. The molecule has 1 heterocycles. The highest BCUT2D eigenvalue weighted by molar-refractivity contribution is 6.03. The molecule has 0 saturated carbocycles. The molecule has 1 aliphatic rings. The zero-order valence-corrected chi connectivity index (χ0v) is 13.8. The van der Waals surface area contributed by atoms with Crippen molar-refractivity contribution < 1.29 is 14.3 Å². The minimum atomic E-state index is -0.346. The van der Waals surface area contributed by atoms with Crippen LogP contribution < -0.4 is 15.0 Å². The van der Waals surface area contributed by atoms with Gasteiger partial charge >= 0.3 is 0 Å². The minimum absolute atomic E-state index is 0.0378. The second-order valence-corrected chi connectivity index (χ2v) is 5.96. The summed E-state index contributed by atoms with van der Waals surface area (Å²) in [6, 6.07) is 14.9. The second kappa shape index (κ2) is 6.74. The van der Waals surface area contributed by atoms with Crippen molar-refractivity contribution in [2.24, 2.45) is 5.92 Å². The van der Waals surface area contributed by atoms with Gasteiger partial charge in [-0.25, -0.2) is 0 Å². The molecule has 1 aliphatic heterocycles. The highest BCUT2D eigenvalue weighted by atomic mass is 16.5. The Bertz CT molecular complexity index is 738. The monoisotopic (exact) mass is 324 g/mol. The topological polar surface area (TPSA) is 58.6 Å². The third-order valence-electron chi connectivity index (χ3n) is 4.20. The minimum Gasteiger partial charge on any atom is -0.497 e. The molecule has 5 heteroatoms. The van der Waals surface area contributed by atoms with Gasteiger partial charge in [-0.05, 0) is 43.3 Å². The van der Waals surface area contributed by atoms with E-state index in [1.807, 2.05) is 55.5 Å². The number of methoxy groups -OCH3 is 1. The third-order valence-corrected chi connectivity index (χ3v) is 4.20. The number of benzene rings is 2. The first kappa shape index (κ1) is 16.1. The van der Waals surface area contributed by atoms with Crippen LogP contribution in [0, 0.1) is 12.8 Å². The van der Waals surface area contributed by atoms with Crippen LogP contribution in [0.1, 0.15) is 12.0 Å². The van der Waals surface area contributed by atoms with Crippen molar-refractivity contribution in [3.63, 3.8) is 0 Å². The van der Waals surface area contributed by atoms with E-state index in [4.69, 9.17) is 4.74 Å². The molecular formula is C19H20N2O3. The Balaban J connectivity index is 1.67. The van der Waals surface area contributed by atoms with E-state index in [1.54, 1.807) is 12.0 Å². The summed E-state index contributed by atoms with van der Waals surface area (Å²) in [7, 11) is 1.60. The van der Waals surface area contributed by atoms with Crippen LogP contribution in [-0.4, -0.2) is 25.5 Å². The number of carbonyl (C=O) groups excluding carboxylic acids is 2. The Morgan fingerprint density at radius 1 is 1.12 bits per heavy atom. The molecule has 3 rings (SSSR count). The molecule has 5 nitrogen and oxygen atoms in total. The number of carbonyl (C=O) groups is 2. The predicted octanol–water partition coefficient (Wildman–Crippen LogP) is 3.00. The van der Waals surface area contributed by atoms with Crippen LogP contribution in [-0.2, 0) is 9.59 Å². The maximum atomic E-state index is 12.4. The fourth-order valence-electron chi connectivity index (χ4n) is 2.78. The maximum Gasteiger partial charge on any atom is 0.229 e. The molecule has 1 atom stereocenters. The van der Waals surface area contributed by atoms with Crippen LogP contribution >= 0.6 is 0 Å². The SMILES string of the molecule is COc1ccc(N2CC(C(=O)Nc3ccc(C)cc3)CC2=O)cc1. The Kier molecular flexibility index (Phi) is 4.51. The molecule has 0 aliphatic carbocycles. The molecular weight excluding hydrogens is 304 g/mol. The summed E-state index contributed by atoms with van der Waals surface area (Å²) >= 11 is 0. The van der Waals surface area contributed by atoms with Crippen LogP contribution in [0.3, 0.4) is 0 Å². The summed E-state index contributed by atoms with van der Waals surface area (Å²) in [6.07, 6.45) is 0.226. The largest absolute Gasteiger partial charge is 0.497 e. The van der Waals surface area contributed by atoms with Crippen LogP contribution in [0.2, 0.25) is 0 Å². The molecule has 2 aromatic rings. The highest BCUT2D eigenvalue weighted by Gasteiger charge is 2.35. The fraction of sp³-hybridized carbons (Fsp3) is 0.263. The number of hydrogen-bond donors (Lipinski definition) is 1. The van der Waals surface area contributed by atoms with Gasteiger partial charge in [-0.1, -0.05) is 17.7 Å². The molecule has 2 amide bonds. The molecule has 1 unspecified atom stereocenters. The maximum absolute atomic E-state index is 12.4. The van der Waals surface area contributed by atoms with Crippen molar-refractivity contribution in [3.8, 4) is 5.75 Å². The molecule has 0 radical (unpaired) electrons. The smallest absolute Gasteiger partial charge is 0.229 e. The van der Waals surface area contributed by atoms with E-state index in [-0.39, 0.29) is 24.2 Å². The molecule has 124 valence electrons. The van der Waals surface area contributed by atoms with Crippen molar-refractivity contribution in [2.75, 3.05) is 23.9 Å². The van der Waals surface area contributed by atoms with Gasteiger partial charge in [0, 0.05) is 24.3 Å². The number of anilines is 2. The van der Waals surface area contributed by atoms with Crippen molar-refractivity contribution in [3.05, 3.63) is 54.1 Å². The van der Waals surface area contributed by atoms with E-state index in [0.717, 1.165) is 22.7 Å². The Hall–Kier alpha value is -2.82. The first-order chi connectivity index (χ1) is 11.6. The normalized spacial score (nSPS) is 17.0. The molecule has 24 heavy (non-hydrogen) atoms. The lowest BCUT2D eigenvalue weighted by Gasteiger charge is -2.17. The summed E-state index contributed by atoms with van der Waals surface area (Å²) < 4.78 is 5.13. The Morgan fingerprint density at radius 2 is 1.79 bits per heavy atom. The molecule has 1 N–H and O–H groups in total. The van der Waals surface area contributed by atoms with Gasteiger partial charge in [0.2, 0.25) is 11.8 Å². The van der Waals surface area contributed by atoms with E-state index in [1.165, 1.54) is 0 Å². The van der Waals surface area contributed by atoms with Gasteiger partial charge in [0.15, 0.2) is 0 Å². The van der Waals surface area contributed by atoms with Crippen LogP contribution in [0.4, 0.5) is 11.4 Å².